The SMILES string of the molecule is COc1ccc(S(=O)(=O)c2cc(S(=O)(=O)Nc3ccc(CO)cc3)cc(C(C)C)c2O)cc1. The van der Waals surface area contributed by atoms with Crippen LogP contribution in [-0.4, -0.2) is 34.2 Å². The molecule has 176 valence electrons. The van der Waals surface area contributed by atoms with Crippen LogP contribution in [0.4, 0.5) is 5.69 Å². The number of nitrogens with one attached hydrogen (secondary N) is 1. The Labute approximate surface area is 193 Å². The predicted molar refractivity (Wildman–Crippen MR) is 124 cm³/mol. The highest BCUT2D eigenvalue weighted by Gasteiger charge is 2.28. The van der Waals surface area contributed by atoms with Crippen molar-refractivity contribution in [3.8, 4) is 11.5 Å². The van der Waals surface area contributed by atoms with Crippen LogP contribution in [0.25, 0.3) is 0 Å². The Hall–Kier alpha value is -3.08. The summed E-state index contributed by atoms with van der Waals surface area (Å²) in [4.78, 5) is -0.924. The van der Waals surface area contributed by atoms with Crippen LogP contribution in [0.5, 0.6) is 11.5 Å². The number of anilines is 1. The Morgan fingerprint density at radius 3 is 2.03 bits per heavy atom. The number of sulfone groups is 1. The molecule has 0 aliphatic carbocycles. The van der Waals surface area contributed by atoms with Gasteiger partial charge in [-0.3, -0.25) is 4.72 Å². The maximum atomic E-state index is 13.3. The van der Waals surface area contributed by atoms with Gasteiger partial charge in [0.2, 0.25) is 9.84 Å². The quantitative estimate of drug-likeness (QED) is 0.438. The molecule has 0 atom stereocenters. The molecular formula is C23H25NO7S2. The lowest BCUT2D eigenvalue weighted by Crippen LogP contribution is -2.15. The standard InChI is InChI=1S/C23H25NO7S2/c1-15(2)21-12-20(33(29,30)24-17-6-4-16(14-25)5-7-17)13-22(23(21)26)32(27,28)19-10-8-18(31-3)9-11-19/h4-13,15,24-26H,14H2,1-3H3. The van der Waals surface area contributed by atoms with E-state index in [9.17, 15) is 21.9 Å². The molecule has 0 saturated heterocycles. The lowest BCUT2D eigenvalue weighted by Gasteiger charge is -2.17. The Bertz CT molecular complexity index is 1350. The van der Waals surface area contributed by atoms with E-state index in [0.717, 1.165) is 6.07 Å². The first-order valence-corrected chi connectivity index (χ1v) is 12.9. The molecule has 33 heavy (non-hydrogen) atoms. The van der Waals surface area contributed by atoms with Gasteiger partial charge in [0.15, 0.2) is 0 Å². The van der Waals surface area contributed by atoms with Gasteiger partial charge < -0.3 is 14.9 Å². The van der Waals surface area contributed by atoms with E-state index >= 15 is 0 Å². The summed E-state index contributed by atoms with van der Waals surface area (Å²) in [5.74, 6) is -0.394. The third kappa shape index (κ3) is 5.13. The number of hydrogen-bond donors (Lipinski definition) is 3. The third-order valence-corrected chi connectivity index (χ3v) is 8.20. The summed E-state index contributed by atoms with van der Waals surface area (Å²) in [6.45, 7) is 3.25. The third-order valence-electron chi connectivity index (χ3n) is 5.06. The number of aliphatic hydroxyl groups is 1. The summed E-state index contributed by atoms with van der Waals surface area (Å²) < 4.78 is 60.2. The second-order valence-electron chi connectivity index (χ2n) is 7.65. The first kappa shape index (κ1) is 24.6. The van der Waals surface area contributed by atoms with Gasteiger partial charge in [0, 0.05) is 5.69 Å². The molecule has 10 heteroatoms. The van der Waals surface area contributed by atoms with Gasteiger partial charge in [-0.1, -0.05) is 26.0 Å². The van der Waals surface area contributed by atoms with Crippen LogP contribution in [0.1, 0.15) is 30.9 Å². The summed E-state index contributed by atoms with van der Waals surface area (Å²) in [5.41, 5.74) is 1.03. The van der Waals surface area contributed by atoms with E-state index in [-0.39, 0.29) is 33.6 Å². The average Bonchev–Trinajstić information content (AvgIpc) is 2.79. The molecular weight excluding hydrogens is 466 g/mol. The second kappa shape index (κ2) is 9.42. The van der Waals surface area contributed by atoms with Gasteiger partial charge in [0.05, 0.1) is 23.5 Å². The average molecular weight is 492 g/mol. The first-order valence-electron chi connectivity index (χ1n) is 9.98. The number of hydrogen-bond acceptors (Lipinski definition) is 7. The van der Waals surface area contributed by atoms with E-state index in [1.54, 1.807) is 26.0 Å². The highest BCUT2D eigenvalue weighted by Crippen LogP contribution is 2.38. The molecule has 0 amide bonds. The Morgan fingerprint density at radius 2 is 1.52 bits per heavy atom. The van der Waals surface area contributed by atoms with Crippen LogP contribution >= 0.6 is 0 Å². The molecule has 0 heterocycles. The van der Waals surface area contributed by atoms with Crippen LogP contribution < -0.4 is 9.46 Å². The van der Waals surface area contributed by atoms with Crippen molar-refractivity contribution in [2.24, 2.45) is 0 Å². The van der Waals surface area contributed by atoms with Crippen molar-refractivity contribution in [3.63, 3.8) is 0 Å². The molecule has 3 aromatic carbocycles. The normalized spacial score (nSPS) is 12.0. The van der Waals surface area contributed by atoms with E-state index in [1.807, 2.05) is 0 Å². The molecule has 0 radical (unpaired) electrons. The highest BCUT2D eigenvalue weighted by atomic mass is 32.2. The van der Waals surface area contributed by atoms with Gasteiger partial charge in [0.1, 0.15) is 16.4 Å². The van der Waals surface area contributed by atoms with Crippen molar-refractivity contribution in [2.75, 3.05) is 11.8 Å². The molecule has 0 fully saturated rings. The molecule has 3 aromatic rings. The number of benzene rings is 3. The van der Waals surface area contributed by atoms with E-state index in [0.29, 0.717) is 11.3 Å². The van der Waals surface area contributed by atoms with Crippen molar-refractivity contribution in [1.82, 2.24) is 0 Å². The molecule has 0 aromatic heterocycles. The molecule has 0 aliphatic rings. The number of methoxy groups -OCH3 is 1. The van der Waals surface area contributed by atoms with E-state index in [2.05, 4.69) is 4.72 Å². The van der Waals surface area contributed by atoms with Gasteiger partial charge in [-0.2, -0.15) is 0 Å². The minimum absolute atomic E-state index is 0.115. The number of aromatic hydroxyl groups is 1. The lowest BCUT2D eigenvalue weighted by atomic mass is 10.0. The van der Waals surface area contributed by atoms with Crippen LogP contribution in [0.2, 0.25) is 0 Å². The summed E-state index contributed by atoms with van der Waals surface area (Å²) >= 11 is 0. The minimum atomic E-state index is -4.24. The highest BCUT2D eigenvalue weighted by molar-refractivity contribution is 7.93. The molecule has 0 spiro atoms. The molecule has 3 N–H and O–H groups in total. The minimum Gasteiger partial charge on any atom is -0.506 e. The van der Waals surface area contributed by atoms with Crippen molar-refractivity contribution in [1.29, 1.82) is 0 Å². The largest absolute Gasteiger partial charge is 0.506 e. The topological polar surface area (TPSA) is 130 Å². The smallest absolute Gasteiger partial charge is 0.261 e. The Morgan fingerprint density at radius 1 is 0.909 bits per heavy atom. The number of rotatable bonds is 8. The van der Waals surface area contributed by atoms with Crippen molar-refractivity contribution < 1.29 is 31.8 Å². The number of sulfonamides is 1. The molecule has 3 rings (SSSR count). The van der Waals surface area contributed by atoms with Crippen molar-refractivity contribution in [3.05, 3.63) is 71.8 Å². The fourth-order valence-corrected chi connectivity index (χ4v) is 5.77. The molecule has 8 nitrogen and oxygen atoms in total. The fourth-order valence-electron chi connectivity index (χ4n) is 3.18. The molecule has 0 saturated carbocycles. The van der Waals surface area contributed by atoms with Gasteiger partial charge in [-0.05, 0) is 65.6 Å². The van der Waals surface area contributed by atoms with E-state index in [1.165, 1.54) is 49.6 Å². The summed E-state index contributed by atoms with van der Waals surface area (Å²) in [6.07, 6.45) is 0. The molecule has 0 unspecified atom stereocenters. The summed E-state index contributed by atoms with van der Waals surface area (Å²) in [5, 5.41) is 19.9. The molecule has 0 bridgehead atoms. The maximum absolute atomic E-state index is 13.3. The van der Waals surface area contributed by atoms with Gasteiger partial charge in [0.25, 0.3) is 10.0 Å². The number of phenolic OH excluding ortho intramolecular Hbond substituents is 1. The lowest BCUT2D eigenvalue weighted by molar-refractivity contribution is 0.282. The van der Waals surface area contributed by atoms with Crippen LogP contribution in [0.15, 0.2) is 75.4 Å². The second-order valence-corrected chi connectivity index (χ2v) is 11.3. The number of ether oxygens (including phenoxy) is 1. The Kier molecular flexibility index (Phi) is 7.01. The number of phenols is 1. The fraction of sp³-hybridized carbons (Fsp3) is 0.217. The predicted octanol–water partition coefficient (Wildman–Crippen LogP) is 3.65. The number of aliphatic hydroxyl groups excluding tert-OH is 1. The van der Waals surface area contributed by atoms with Crippen LogP contribution in [0, 0.1) is 0 Å². The van der Waals surface area contributed by atoms with Gasteiger partial charge in [-0.25, -0.2) is 16.8 Å². The van der Waals surface area contributed by atoms with Crippen LogP contribution in [-0.2, 0) is 26.5 Å². The zero-order valence-corrected chi connectivity index (χ0v) is 19.9. The Balaban J connectivity index is 2.13. The zero-order chi connectivity index (χ0) is 24.4. The van der Waals surface area contributed by atoms with Crippen molar-refractivity contribution in [2.45, 2.75) is 41.1 Å². The monoisotopic (exact) mass is 491 g/mol. The maximum Gasteiger partial charge on any atom is 0.261 e. The zero-order valence-electron chi connectivity index (χ0n) is 18.3. The van der Waals surface area contributed by atoms with E-state index < -0.39 is 30.5 Å². The van der Waals surface area contributed by atoms with Gasteiger partial charge in [-0.15, -0.1) is 0 Å². The van der Waals surface area contributed by atoms with Gasteiger partial charge >= 0.3 is 0 Å². The summed E-state index contributed by atoms with van der Waals surface area (Å²) in [7, 11) is -6.98. The summed E-state index contributed by atoms with van der Waals surface area (Å²) in [6, 6.07) is 13.9. The van der Waals surface area contributed by atoms with Crippen molar-refractivity contribution >= 4 is 25.5 Å². The molecule has 0 aliphatic heterocycles. The van der Waals surface area contributed by atoms with Crippen LogP contribution in [0.3, 0.4) is 0 Å². The first-order chi connectivity index (χ1) is 15.5. The van der Waals surface area contributed by atoms with E-state index in [4.69, 9.17) is 9.84 Å².